The molecule has 0 aliphatic rings. The van der Waals surface area contributed by atoms with Crippen LogP contribution in [-0.2, 0) is 4.79 Å². The van der Waals surface area contributed by atoms with E-state index >= 15 is 0 Å². The lowest BCUT2D eigenvalue weighted by atomic mass is 10.3. The summed E-state index contributed by atoms with van der Waals surface area (Å²) in [4.78, 5) is 10.9. The van der Waals surface area contributed by atoms with E-state index in [0.29, 0.717) is 6.54 Å². The van der Waals surface area contributed by atoms with Crippen molar-refractivity contribution in [1.29, 1.82) is 0 Å². The molecular formula is C7H15N3OS. The van der Waals surface area contributed by atoms with Crippen LogP contribution in [0, 0.1) is 0 Å². The van der Waals surface area contributed by atoms with Gasteiger partial charge in [0.1, 0.15) is 0 Å². The number of nitrogens with two attached hydrogens (primary N) is 1. The van der Waals surface area contributed by atoms with Crippen molar-refractivity contribution in [3.05, 3.63) is 0 Å². The molecule has 0 unspecified atom stereocenters. The van der Waals surface area contributed by atoms with E-state index in [9.17, 15) is 4.79 Å². The number of amides is 1. The van der Waals surface area contributed by atoms with Crippen molar-refractivity contribution in [2.45, 2.75) is 19.8 Å². The summed E-state index contributed by atoms with van der Waals surface area (Å²) >= 11 is 4.54. The maximum atomic E-state index is 10.9. The number of carbonyl (C=O) groups excluding carboxylic acids is 1. The van der Waals surface area contributed by atoms with Gasteiger partial charge in [-0.2, -0.15) is 0 Å². The smallest absolute Gasteiger partial charge is 0.239 e. The van der Waals surface area contributed by atoms with Gasteiger partial charge in [-0.1, -0.05) is 13.3 Å². The molecule has 0 saturated heterocycles. The van der Waals surface area contributed by atoms with E-state index in [4.69, 9.17) is 5.73 Å². The lowest BCUT2D eigenvalue weighted by molar-refractivity contribution is -0.120. The molecule has 4 nitrogen and oxygen atoms in total. The van der Waals surface area contributed by atoms with Gasteiger partial charge in [0, 0.05) is 6.54 Å². The highest BCUT2D eigenvalue weighted by Gasteiger charge is 1.98. The molecule has 0 aliphatic carbocycles. The fourth-order valence-electron chi connectivity index (χ4n) is 0.634. The Balaban J connectivity index is 3.28. The number of nitrogens with one attached hydrogen (secondary N) is 2. The van der Waals surface area contributed by atoms with Gasteiger partial charge in [-0.15, -0.1) is 0 Å². The Labute approximate surface area is 77.9 Å². The second-order valence-electron chi connectivity index (χ2n) is 2.42. The van der Waals surface area contributed by atoms with E-state index in [1.807, 2.05) is 0 Å². The average Bonchev–Trinajstić information content (AvgIpc) is 2.01. The van der Waals surface area contributed by atoms with Gasteiger partial charge in [-0.3, -0.25) is 4.79 Å². The topological polar surface area (TPSA) is 67.2 Å². The van der Waals surface area contributed by atoms with E-state index in [2.05, 4.69) is 29.8 Å². The highest BCUT2D eigenvalue weighted by molar-refractivity contribution is 7.80. The molecule has 0 fully saturated rings. The summed E-state index contributed by atoms with van der Waals surface area (Å²) in [7, 11) is 0. The van der Waals surface area contributed by atoms with Crippen LogP contribution in [-0.4, -0.2) is 24.1 Å². The van der Waals surface area contributed by atoms with Crippen LogP contribution in [0.15, 0.2) is 0 Å². The second kappa shape index (κ2) is 6.84. The van der Waals surface area contributed by atoms with Gasteiger partial charge in [-0.25, -0.2) is 0 Å². The Morgan fingerprint density at radius 2 is 2.17 bits per heavy atom. The van der Waals surface area contributed by atoms with Crippen molar-refractivity contribution < 1.29 is 4.79 Å². The van der Waals surface area contributed by atoms with Crippen molar-refractivity contribution in [2.24, 2.45) is 5.73 Å². The molecule has 4 N–H and O–H groups in total. The van der Waals surface area contributed by atoms with Crippen LogP contribution < -0.4 is 16.4 Å². The normalized spacial score (nSPS) is 9.08. The van der Waals surface area contributed by atoms with Crippen molar-refractivity contribution in [3.63, 3.8) is 0 Å². The zero-order valence-corrected chi connectivity index (χ0v) is 8.04. The maximum absolute atomic E-state index is 10.9. The predicted molar refractivity (Wildman–Crippen MR) is 52.7 cm³/mol. The Bertz CT molecular complexity index is 161. The van der Waals surface area contributed by atoms with Crippen LogP contribution in [0.5, 0.6) is 0 Å². The van der Waals surface area contributed by atoms with Crippen LogP contribution in [0.25, 0.3) is 0 Å². The zero-order chi connectivity index (χ0) is 9.40. The highest BCUT2D eigenvalue weighted by atomic mass is 32.1. The minimum atomic E-state index is -0.0729. The number of carbonyl (C=O) groups is 1. The molecular weight excluding hydrogens is 174 g/mol. The van der Waals surface area contributed by atoms with E-state index in [1.165, 1.54) is 0 Å². The largest absolute Gasteiger partial charge is 0.376 e. The molecule has 0 rings (SSSR count). The zero-order valence-electron chi connectivity index (χ0n) is 7.22. The Morgan fingerprint density at radius 1 is 1.50 bits per heavy atom. The third kappa shape index (κ3) is 7.27. The summed E-state index contributed by atoms with van der Waals surface area (Å²) in [5.74, 6) is -0.0729. The first kappa shape index (κ1) is 11.2. The van der Waals surface area contributed by atoms with Gasteiger partial charge in [0.05, 0.1) is 6.54 Å². The minimum Gasteiger partial charge on any atom is -0.376 e. The van der Waals surface area contributed by atoms with Gasteiger partial charge < -0.3 is 16.4 Å². The highest BCUT2D eigenvalue weighted by Crippen LogP contribution is 1.81. The number of rotatable bonds is 5. The minimum absolute atomic E-state index is 0.0729. The van der Waals surface area contributed by atoms with Gasteiger partial charge in [0.15, 0.2) is 5.11 Å². The van der Waals surface area contributed by atoms with Crippen LogP contribution >= 0.6 is 12.2 Å². The van der Waals surface area contributed by atoms with Gasteiger partial charge >= 0.3 is 0 Å². The molecule has 0 heterocycles. The van der Waals surface area contributed by atoms with E-state index < -0.39 is 0 Å². The SMILES string of the molecule is CCCCNC(=O)CNC(N)=S. The van der Waals surface area contributed by atoms with Crippen LogP contribution in [0.2, 0.25) is 0 Å². The summed E-state index contributed by atoms with van der Waals surface area (Å²) in [5, 5.41) is 5.45. The molecule has 0 aromatic heterocycles. The molecule has 0 aromatic carbocycles. The molecule has 12 heavy (non-hydrogen) atoms. The summed E-state index contributed by atoms with van der Waals surface area (Å²) in [6.07, 6.45) is 2.07. The van der Waals surface area contributed by atoms with Crippen LogP contribution in [0.1, 0.15) is 19.8 Å². The Hall–Kier alpha value is -0.840. The number of unbranched alkanes of at least 4 members (excludes halogenated alkanes) is 1. The Kier molecular flexibility index (Phi) is 6.37. The van der Waals surface area contributed by atoms with E-state index in [1.54, 1.807) is 0 Å². The van der Waals surface area contributed by atoms with Crippen molar-refractivity contribution in [2.75, 3.05) is 13.1 Å². The molecule has 0 radical (unpaired) electrons. The van der Waals surface area contributed by atoms with E-state index in [-0.39, 0.29) is 17.6 Å². The molecule has 0 aromatic rings. The molecule has 0 aliphatic heterocycles. The number of thiocarbonyl (C=S) groups is 1. The third-order valence-electron chi connectivity index (χ3n) is 1.28. The lowest BCUT2D eigenvalue weighted by Crippen LogP contribution is -2.39. The number of hydrogen-bond donors (Lipinski definition) is 3. The fraction of sp³-hybridized carbons (Fsp3) is 0.714. The van der Waals surface area contributed by atoms with Crippen LogP contribution in [0.3, 0.4) is 0 Å². The van der Waals surface area contributed by atoms with Gasteiger partial charge in [0.25, 0.3) is 0 Å². The van der Waals surface area contributed by atoms with Crippen molar-refractivity contribution in [3.8, 4) is 0 Å². The van der Waals surface area contributed by atoms with Crippen molar-refractivity contribution >= 4 is 23.2 Å². The monoisotopic (exact) mass is 189 g/mol. The third-order valence-corrected chi connectivity index (χ3v) is 1.42. The first-order chi connectivity index (χ1) is 5.66. The summed E-state index contributed by atoms with van der Waals surface area (Å²) in [6.45, 7) is 2.95. The fourth-order valence-corrected chi connectivity index (χ4v) is 0.707. The first-order valence-electron chi connectivity index (χ1n) is 3.96. The molecule has 70 valence electrons. The maximum Gasteiger partial charge on any atom is 0.239 e. The predicted octanol–water partition coefficient (Wildman–Crippen LogP) is -0.264. The second-order valence-corrected chi connectivity index (χ2v) is 2.86. The molecule has 0 spiro atoms. The van der Waals surface area contributed by atoms with Crippen LogP contribution in [0.4, 0.5) is 0 Å². The van der Waals surface area contributed by atoms with E-state index in [0.717, 1.165) is 12.8 Å². The summed E-state index contributed by atoms with van der Waals surface area (Å²) < 4.78 is 0. The van der Waals surface area contributed by atoms with Crippen molar-refractivity contribution in [1.82, 2.24) is 10.6 Å². The van der Waals surface area contributed by atoms with Gasteiger partial charge in [0.2, 0.25) is 5.91 Å². The van der Waals surface area contributed by atoms with Gasteiger partial charge in [-0.05, 0) is 18.6 Å². The lowest BCUT2D eigenvalue weighted by Gasteiger charge is -2.04. The average molecular weight is 189 g/mol. The first-order valence-corrected chi connectivity index (χ1v) is 4.37. The quantitative estimate of drug-likeness (QED) is 0.411. The summed E-state index contributed by atoms with van der Waals surface area (Å²) in [6, 6.07) is 0. The molecule has 0 atom stereocenters. The summed E-state index contributed by atoms with van der Waals surface area (Å²) in [5.41, 5.74) is 5.14. The standard InChI is InChI=1S/C7H15N3OS/c1-2-3-4-9-6(11)5-10-7(8)12/h2-5H2,1H3,(H,9,11)(H3,8,10,12). The molecule has 5 heteroatoms. The molecule has 1 amide bonds. The number of hydrogen-bond acceptors (Lipinski definition) is 2. The molecule has 0 bridgehead atoms. The molecule has 0 saturated carbocycles. The Morgan fingerprint density at radius 3 is 2.67 bits per heavy atom.